The fourth-order valence-corrected chi connectivity index (χ4v) is 4.44. The van der Waals surface area contributed by atoms with Gasteiger partial charge in [-0.3, -0.25) is 0 Å². The van der Waals surface area contributed by atoms with Crippen LogP contribution in [-0.2, 0) is 29.4 Å². The minimum Gasteiger partial charge on any atom is -0.245 e. The summed E-state index contributed by atoms with van der Waals surface area (Å²) >= 11 is 1.47. The molecule has 112 valence electrons. The van der Waals surface area contributed by atoms with Gasteiger partial charge in [-0.25, -0.2) is 18.1 Å². The Morgan fingerprint density at radius 1 is 1.24 bits per heavy atom. The van der Waals surface area contributed by atoms with Gasteiger partial charge >= 0.3 is 0 Å². The maximum atomic E-state index is 12.4. The van der Waals surface area contributed by atoms with Crippen LogP contribution < -0.4 is 4.72 Å². The predicted molar refractivity (Wildman–Crippen MR) is 84.0 cm³/mol. The molecule has 4 nitrogen and oxygen atoms in total. The average molecular weight is 322 g/mol. The van der Waals surface area contributed by atoms with E-state index in [0.29, 0.717) is 4.90 Å². The fraction of sp³-hybridized carbons (Fsp3) is 0.400. The smallest absolute Gasteiger partial charge is 0.240 e. The maximum absolute atomic E-state index is 12.4. The third-order valence-corrected chi connectivity index (χ3v) is 6.08. The first-order chi connectivity index (χ1) is 10.0. The number of nitrogens with zero attached hydrogens (tertiary/aromatic N) is 1. The molecule has 0 unspecified atom stereocenters. The van der Waals surface area contributed by atoms with Gasteiger partial charge in [0.15, 0.2) is 0 Å². The van der Waals surface area contributed by atoms with E-state index in [-0.39, 0.29) is 6.54 Å². The molecule has 0 fully saturated rings. The van der Waals surface area contributed by atoms with Crippen LogP contribution in [0.25, 0.3) is 0 Å². The van der Waals surface area contributed by atoms with Crippen molar-refractivity contribution in [2.45, 2.75) is 44.0 Å². The predicted octanol–water partition coefficient (Wildman–Crippen LogP) is 2.81. The molecule has 0 saturated carbocycles. The molecule has 21 heavy (non-hydrogen) atoms. The van der Waals surface area contributed by atoms with E-state index in [1.807, 2.05) is 24.4 Å². The molecule has 1 heterocycles. The molecule has 0 atom stereocenters. The number of rotatable bonds is 4. The SMILES string of the molecule is Cc1csc(CNS(=O)(=O)c2ccc3c(c2)CCCC3)n1. The summed E-state index contributed by atoms with van der Waals surface area (Å²) in [4.78, 5) is 4.63. The molecule has 0 aliphatic heterocycles. The van der Waals surface area contributed by atoms with E-state index >= 15 is 0 Å². The summed E-state index contributed by atoms with van der Waals surface area (Å²) in [6, 6.07) is 5.49. The third kappa shape index (κ3) is 3.33. The molecule has 2 aromatic rings. The Bertz CT molecular complexity index is 751. The minimum atomic E-state index is -3.47. The van der Waals surface area contributed by atoms with Gasteiger partial charge < -0.3 is 0 Å². The Kier molecular flexibility index (Phi) is 4.10. The van der Waals surface area contributed by atoms with Gasteiger partial charge in [-0.05, 0) is 55.9 Å². The molecule has 0 bridgehead atoms. The molecule has 0 saturated heterocycles. The van der Waals surface area contributed by atoms with Crippen LogP contribution in [0.1, 0.15) is 34.7 Å². The van der Waals surface area contributed by atoms with Crippen molar-refractivity contribution in [3.05, 3.63) is 45.4 Å². The number of nitrogens with one attached hydrogen (secondary N) is 1. The Morgan fingerprint density at radius 3 is 2.71 bits per heavy atom. The van der Waals surface area contributed by atoms with Crippen LogP contribution in [0.2, 0.25) is 0 Å². The lowest BCUT2D eigenvalue weighted by Crippen LogP contribution is -2.23. The highest BCUT2D eigenvalue weighted by molar-refractivity contribution is 7.89. The van der Waals surface area contributed by atoms with Crippen LogP contribution >= 0.6 is 11.3 Å². The monoisotopic (exact) mass is 322 g/mol. The summed E-state index contributed by atoms with van der Waals surface area (Å²) in [7, 11) is -3.47. The van der Waals surface area contributed by atoms with Crippen LogP contribution in [0.15, 0.2) is 28.5 Å². The molecule has 0 radical (unpaired) electrons. The molecule has 0 amide bonds. The number of fused-ring (bicyclic) bond motifs is 1. The number of aromatic nitrogens is 1. The van der Waals surface area contributed by atoms with E-state index in [1.165, 1.54) is 28.9 Å². The number of hydrogen-bond donors (Lipinski definition) is 1. The van der Waals surface area contributed by atoms with Crippen molar-refractivity contribution in [1.82, 2.24) is 9.71 Å². The van der Waals surface area contributed by atoms with Gasteiger partial charge in [0.05, 0.1) is 11.4 Å². The van der Waals surface area contributed by atoms with Gasteiger partial charge in [0, 0.05) is 11.1 Å². The number of thiazole rings is 1. The molecule has 1 N–H and O–H groups in total. The van der Waals surface area contributed by atoms with Gasteiger partial charge in [-0.15, -0.1) is 11.3 Å². The first kappa shape index (κ1) is 14.7. The molecule has 1 aromatic carbocycles. The quantitative estimate of drug-likeness (QED) is 0.941. The standard InChI is InChI=1S/C15H18N2O2S2/c1-11-10-20-15(17-11)9-16-21(18,19)14-7-6-12-4-2-3-5-13(12)8-14/h6-8,10,16H,2-5,9H2,1H3. The molecule has 1 aromatic heterocycles. The zero-order valence-electron chi connectivity index (χ0n) is 11.9. The van der Waals surface area contributed by atoms with Crippen LogP contribution in [0.3, 0.4) is 0 Å². The lowest BCUT2D eigenvalue weighted by molar-refractivity contribution is 0.580. The summed E-state index contributed by atoms with van der Waals surface area (Å²) in [5.41, 5.74) is 3.38. The Labute approximate surface area is 129 Å². The van der Waals surface area contributed by atoms with Crippen molar-refractivity contribution in [2.75, 3.05) is 0 Å². The van der Waals surface area contributed by atoms with E-state index in [2.05, 4.69) is 9.71 Å². The van der Waals surface area contributed by atoms with Crippen molar-refractivity contribution in [3.63, 3.8) is 0 Å². The Balaban J connectivity index is 1.78. The molecule has 3 rings (SSSR count). The zero-order valence-corrected chi connectivity index (χ0v) is 13.6. The Hall–Kier alpha value is -1.24. The highest BCUT2D eigenvalue weighted by atomic mass is 32.2. The van der Waals surface area contributed by atoms with Crippen LogP contribution in [0, 0.1) is 6.92 Å². The molecule has 0 spiro atoms. The number of sulfonamides is 1. The topological polar surface area (TPSA) is 59.1 Å². The minimum absolute atomic E-state index is 0.248. The summed E-state index contributed by atoms with van der Waals surface area (Å²) in [5.74, 6) is 0. The van der Waals surface area contributed by atoms with E-state index in [4.69, 9.17) is 0 Å². The number of benzene rings is 1. The molecular formula is C15H18N2O2S2. The molecule has 1 aliphatic carbocycles. The summed E-state index contributed by atoms with van der Waals surface area (Å²) in [6.45, 7) is 2.15. The maximum Gasteiger partial charge on any atom is 0.240 e. The van der Waals surface area contributed by atoms with Crippen LogP contribution in [-0.4, -0.2) is 13.4 Å². The van der Waals surface area contributed by atoms with Gasteiger partial charge in [0.2, 0.25) is 10.0 Å². The second kappa shape index (κ2) is 5.87. The zero-order chi connectivity index (χ0) is 14.9. The summed E-state index contributed by atoms with van der Waals surface area (Å²) < 4.78 is 27.4. The second-order valence-electron chi connectivity index (χ2n) is 5.34. The molecular weight excluding hydrogens is 304 g/mol. The summed E-state index contributed by atoms with van der Waals surface area (Å²) in [5, 5.41) is 2.71. The Morgan fingerprint density at radius 2 is 2.00 bits per heavy atom. The second-order valence-corrected chi connectivity index (χ2v) is 8.05. The number of aryl methyl sites for hydroxylation is 3. The fourth-order valence-electron chi connectivity index (χ4n) is 2.60. The van der Waals surface area contributed by atoms with Gasteiger partial charge in [-0.1, -0.05) is 6.07 Å². The lowest BCUT2D eigenvalue weighted by Gasteiger charge is -2.16. The largest absolute Gasteiger partial charge is 0.245 e. The van der Waals surface area contributed by atoms with Crippen molar-refractivity contribution in [1.29, 1.82) is 0 Å². The van der Waals surface area contributed by atoms with Crippen molar-refractivity contribution in [3.8, 4) is 0 Å². The highest BCUT2D eigenvalue weighted by Crippen LogP contribution is 2.24. The molecule has 6 heteroatoms. The van der Waals surface area contributed by atoms with Crippen LogP contribution in [0.5, 0.6) is 0 Å². The average Bonchev–Trinajstić information content (AvgIpc) is 2.90. The van der Waals surface area contributed by atoms with E-state index in [1.54, 1.807) is 6.07 Å². The highest BCUT2D eigenvalue weighted by Gasteiger charge is 2.17. The number of hydrogen-bond acceptors (Lipinski definition) is 4. The summed E-state index contributed by atoms with van der Waals surface area (Å²) in [6.07, 6.45) is 4.37. The first-order valence-corrected chi connectivity index (χ1v) is 9.43. The van der Waals surface area contributed by atoms with Crippen molar-refractivity contribution < 1.29 is 8.42 Å². The van der Waals surface area contributed by atoms with Gasteiger partial charge in [-0.2, -0.15) is 0 Å². The third-order valence-electron chi connectivity index (χ3n) is 3.71. The van der Waals surface area contributed by atoms with E-state index < -0.39 is 10.0 Å². The lowest BCUT2D eigenvalue weighted by atomic mass is 9.92. The van der Waals surface area contributed by atoms with Crippen molar-refractivity contribution >= 4 is 21.4 Å². The van der Waals surface area contributed by atoms with E-state index in [9.17, 15) is 8.42 Å². The normalized spacial score (nSPS) is 14.9. The van der Waals surface area contributed by atoms with E-state index in [0.717, 1.165) is 30.0 Å². The van der Waals surface area contributed by atoms with Gasteiger partial charge in [0.1, 0.15) is 5.01 Å². The molecule has 1 aliphatic rings. The first-order valence-electron chi connectivity index (χ1n) is 7.07. The van der Waals surface area contributed by atoms with Gasteiger partial charge in [0.25, 0.3) is 0 Å². The van der Waals surface area contributed by atoms with Crippen LogP contribution in [0.4, 0.5) is 0 Å². The van der Waals surface area contributed by atoms with Crippen molar-refractivity contribution in [2.24, 2.45) is 0 Å².